The molecule has 6 heteroatoms. The van der Waals surface area contributed by atoms with Gasteiger partial charge >= 0.3 is 0 Å². The van der Waals surface area contributed by atoms with Crippen LogP contribution >= 0.6 is 23.2 Å². The zero-order valence-electron chi connectivity index (χ0n) is 15.6. The van der Waals surface area contributed by atoms with Crippen molar-refractivity contribution in [3.63, 3.8) is 0 Å². The summed E-state index contributed by atoms with van der Waals surface area (Å²) in [6.07, 6.45) is 0.937. The van der Waals surface area contributed by atoms with Crippen LogP contribution in [0.3, 0.4) is 0 Å². The minimum absolute atomic E-state index is 0.119. The van der Waals surface area contributed by atoms with Crippen LogP contribution in [0.25, 0.3) is 0 Å². The van der Waals surface area contributed by atoms with Gasteiger partial charge in [0.15, 0.2) is 0 Å². The number of amides is 1. The summed E-state index contributed by atoms with van der Waals surface area (Å²) in [6.45, 7) is 5.09. The minimum atomic E-state index is 0.119. The monoisotopic (exact) mass is 406 g/mol. The average molecular weight is 407 g/mol. The van der Waals surface area contributed by atoms with Crippen LogP contribution in [-0.2, 0) is 24.4 Å². The van der Waals surface area contributed by atoms with Gasteiger partial charge in [0.25, 0.3) is 0 Å². The Kier molecular flexibility index (Phi) is 6.64. The number of likely N-dealkylation sites (tertiary alicyclic amines) is 1. The maximum Gasteiger partial charge on any atom is 0.225 e. The summed E-state index contributed by atoms with van der Waals surface area (Å²) in [5.74, 6) is 1.09. The number of aryl methyl sites for hydroxylation is 1. The molecule has 1 N–H and O–H groups in total. The number of nitrogens with zero attached hydrogens (tertiary/aromatic N) is 1. The van der Waals surface area contributed by atoms with Gasteiger partial charge in [-0.25, -0.2) is 0 Å². The quantitative estimate of drug-likeness (QED) is 0.744. The van der Waals surface area contributed by atoms with Crippen molar-refractivity contribution in [1.29, 1.82) is 0 Å². The van der Waals surface area contributed by atoms with Crippen LogP contribution in [0.1, 0.15) is 23.6 Å². The fourth-order valence-corrected chi connectivity index (χ4v) is 3.60. The molecule has 1 aliphatic rings. The van der Waals surface area contributed by atoms with E-state index in [1.807, 2.05) is 18.2 Å². The highest BCUT2D eigenvalue weighted by atomic mass is 35.5. The standard InChI is InChI=1S/C21H24Cl2N2O2/c1-3-15-9-18(27-13-14-4-7-19(22)20(23)8-14)6-5-16(15)10-25-11-17(12-25)21(26)24-2/h4-9,17H,3,10-13H2,1-2H3,(H,24,26). The number of hydrogen-bond donors (Lipinski definition) is 1. The van der Waals surface area contributed by atoms with Crippen molar-refractivity contribution in [2.75, 3.05) is 20.1 Å². The maximum atomic E-state index is 11.6. The molecular formula is C21H24Cl2N2O2. The molecule has 0 unspecified atom stereocenters. The molecule has 144 valence electrons. The van der Waals surface area contributed by atoms with Gasteiger partial charge in [-0.05, 0) is 47.4 Å². The number of rotatable bonds is 7. The summed E-state index contributed by atoms with van der Waals surface area (Å²) in [4.78, 5) is 13.9. The molecule has 2 aromatic rings. The third-order valence-electron chi connectivity index (χ3n) is 4.92. The van der Waals surface area contributed by atoms with Crippen molar-refractivity contribution in [2.24, 2.45) is 5.92 Å². The van der Waals surface area contributed by atoms with E-state index >= 15 is 0 Å². The second kappa shape index (κ2) is 8.96. The molecule has 1 saturated heterocycles. The van der Waals surface area contributed by atoms with Gasteiger partial charge in [0.1, 0.15) is 12.4 Å². The molecule has 0 saturated carbocycles. The summed E-state index contributed by atoms with van der Waals surface area (Å²) in [6, 6.07) is 11.7. The molecule has 0 aliphatic carbocycles. The fourth-order valence-electron chi connectivity index (χ4n) is 3.28. The number of halogens is 2. The first kappa shape index (κ1) is 20.0. The van der Waals surface area contributed by atoms with E-state index in [2.05, 4.69) is 29.3 Å². The van der Waals surface area contributed by atoms with E-state index in [0.717, 1.165) is 37.4 Å². The highest BCUT2D eigenvalue weighted by Gasteiger charge is 2.31. The molecule has 0 atom stereocenters. The Balaban J connectivity index is 1.59. The van der Waals surface area contributed by atoms with Crippen LogP contribution in [-0.4, -0.2) is 30.9 Å². The number of carbonyl (C=O) groups excluding carboxylic acids is 1. The first-order valence-corrected chi connectivity index (χ1v) is 9.88. The highest BCUT2D eigenvalue weighted by Crippen LogP contribution is 2.26. The van der Waals surface area contributed by atoms with Crippen molar-refractivity contribution in [3.05, 3.63) is 63.1 Å². The summed E-state index contributed by atoms with van der Waals surface area (Å²) < 4.78 is 5.92. The van der Waals surface area contributed by atoms with E-state index in [9.17, 15) is 4.79 Å². The summed E-state index contributed by atoms with van der Waals surface area (Å²) in [5.41, 5.74) is 3.53. The Morgan fingerprint density at radius 2 is 1.93 bits per heavy atom. The first-order chi connectivity index (χ1) is 13.0. The Bertz CT molecular complexity index is 820. The van der Waals surface area contributed by atoms with Crippen molar-refractivity contribution in [3.8, 4) is 5.75 Å². The molecule has 0 bridgehead atoms. The molecule has 0 aromatic heterocycles. The van der Waals surface area contributed by atoms with Crippen LogP contribution in [0.4, 0.5) is 0 Å². The van der Waals surface area contributed by atoms with Crippen LogP contribution in [0.5, 0.6) is 5.75 Å². The van der Waals surface area contributed by atoms with E-state index in [1.54, 1.807) is 13.1 Å². The number of benzene rings is 2. The number of nitrogens with one attached hydrogen (secondary N) is 1. The number of carbonyl (C=O) groups is 1. The fraction of sp³-hybridized carbons (Fsp3) is 0.381. The molecule has 4 nitrogen and oxygen atoms in total. The molecule has 1 aliphatic heterocycles. The maximum absolute atomic E-state index is 11.6. The highest BCUT2D eigenvalue weighted by molar-refractivity contribution is 6.42. The second-order valence-corrected chi connectivity index (χ2v) is 7.64. The molecule has 2 aromatic carbocycles. The van der Waals surface area contributed by atoms with Gasteiger partial charge in [-0.1, -0.05) is 42.3 Å². The van der Waals surface area contributed by atoms with Crippen molar-refractivity contribution in [1.82, 2.24) is 10.2 Å². The summed E-state index contributed by atoms with van der Waals surface area (Å²) in [7, 11) is 1.69. The average Bonchev–Trinajstić information content (AvgIpc) is 2.65. The van der Waals surface area contributed by atoms with Crippen molar-refractivity contribution in [2.45, 2.75) is 26.5 Å². The SMILES string of the molecule is CCc1cc(OCc2ccc(Cl)c(Cl)c2)ccc1CN1CC(C(=O)NC)C1. The van der Waals surface area contributed by atoms with E-state index in [1.165, 1.54) is 11.1 Å². The van der Waals surface area contributed by atoms with Gasteiger partial charge in [-0.2, -0.15) is 0 Å². The van der Waals surface area contributed by atoms with E-state index < -0.39 is 0 Å². The van der Waals surface area contributed by atoms with Crippen molar-refractivity contribution < 1.29 is 9.53 Å². The number of ether oxygens (including phenoxy) is 1. The lowest BCUT2D eigenvalue weighted by molar-refractivity contribution is -0.129. The van der Waals surface area contributed by atoms with E-state index in [4.69, 9.17) is 27.9 Å². The largest absolute Gasteiger partial charge is 0.489 e. The Morgan fingerprint density at radius 3 is 2.59 bits per heavy atom. The lowest BCUT2D eigenvalue weighted by Gasteiger charge is -2.38. The van der Waals surface area contributed by atoms with Crippen molar-refractivity contribution >= 4 is 29.1 Å². The van der Waals surface area contributed by atoms with E-state index in [0.29, 0.717) is 16.7 Å². The molecular weight excluding hydrogens is 383 g/mol. The Labute approximate surface area is 170 Å². The predicted molar refractivity (Wildman–Crippen MR) is 109 cm³/mol. The smallest absolute Gasteiger partial charge is 0.225 e. The zero-order valence-corrected chi connectivity index (χ0v) is 17.1. The molecule has 3 rings (SSSR count). The molecule has 0 radical (unpaired) electrons. The van der Waals surface area contributed by atoms with Gasteiger partial charge in [0, 0.05) is 26.7 Å². The zero-order chi connectivity index (χ0) is 19.4. The molecule has 0 spiro atoms. The topological polar surface area (TPSA) is 41.6 Å². The Morgan fingerprint density at radius 1 is 1.15 bits per heavy atom. The number of hydrogen-bond acceptors (Lipinski definition) is 3. The molecule has 27 heavy (non-hydrogen) atoms. The lowest BCUT2D eigenvalue weighted by Crippen LogP contribution is -2.52. The predicted octanol–water partition coefficient (Wildman–Crippen LogP) is 4.31. The first-order valence-electron chi connectivity index (χ1n) is 9.12. The third-order valence-corrected chi connectivity index (χ3v) is 5.66. The summed E-state index contributed by atoms with van der Waals surface area (Å²) >= 11 is 12.0. The Hall–Kier alpha value is -1.75. The molecule has 1 fully saturated rings. The third kappa shape index (κ3) is 4.95. The minimum Gasteiger partial charge on any atom is -0.489 e. The van der Waals surface area contributed by atoms with Gasteiger partial charge in [-0.3, -0.25) is 9.69 Å². The van der Waals surface area contributed by atoms with Crippen LogP contribution in [0.15, 0.2) is 36.4 Å². The van der Waals surface area contributed by atoms with Gasteiger partial charge in [-0.15, -0.1) is 0 Å². The molecule has 1 amide bonds. The summed E-state index contributed by atoms with van der Waals surface area (Å²) in [5, 5.41) is 3.80. The van der Waals surface area contributed by atoms with Gasteiger partial charge in [0.2, 0.25) is 5.91 Å². The molecule has 1 heterocycles. The van der Waals surface area contributed by atoms with Crippen LogP contribution in [0, 0.1) is 5.92 Å². The van der Waals surface area contributed by atoms with Gasteiger partial charge in [0.05, 0.1) is 16.0 Å². The van der Waals surface area contributed by atoms with E-state index in [-0.39, 0.29) is 11.8 Å². The lowest BCUT2D eigenvalue weighted by atomic mass is 9.96. The normalized spacial score (nSPS) is 14.7. The van der Waals surface area contributed by atoms with Crippen LogP contribution < -0.4 is 10.1 Å². The van der Waals surface area contributed by atoms with Gasteiger partial charge < -0.3 is 10.1 Å². The van der Waals surface area contributed by atoms with Crippen LogP contribution in [0.2, 0.25) is 10.0 Å². The second-order valence-electron chi connectivity index (χ2n) is 6.83.